The number of allylic oxidation sites excluding steroid dienone is 2. The van der Waals surface area contributed by atoms with Crippen LogP contribution < -0.4 is 14.2 Å². The van der Waals surface area contributed by atoms with Crippen LogP contribution in [0.15, 0.2) is 64.6 Å². The molecule has 4 aromatic rings. The number of nitrogens with zero attached hydrogens (tertiary/aromatic N) is 2. The van der Waals surface area contributed by atoms with Gasteiger partial charge in [0.05, 0.1) is 37.6 Å². The van der Waals surface area contributed by atoms with Crippen LogP contribution in [-0.4, -0.2) is 44.0 Å². The lowest BCUT2D eigenvalue weighted by molar-refractivity contribution is -0.667. The smallest absolute Gasteiger partial charge is 0.263 e. The number of halogens is 1. The topological polar surface area (TPSA) is 144 Å². The highest BCUT2D eigenvalue weighted by Gasteiger charge is 2.27. The predicted octanol–water partition coefficient (Wildman–Crippen LogP) is 5.38. The summed E-state index contributed by atoms with van der Waals surface area (Å²) in [5.74, 6) is 0.236. The number of aromatic nitrogens is 1. The zero-order valence-electron chi connectivity index (χ0n) is 22.6. The lowest BCUT2D eigenvalue weighted by Crippen LogP contribution is -2.36. The Bertz CT molecular complexity index is 1910. The number of ether oxygens (including phenoxy) is 1. The van der Waals surface area contributed by atoms with Gasteiger partial charge in [0.25, 0.3) is 5.01 Å². The fourth-order valence-electron chi connectivity index (χ4n) is 4.90. The van der Waals surface area contributed by atoms with E-state index < -0.39 is 31.7 Å². The molecule has 0 unspecified atom stereocenters. The van der Waals surface area contributed by atoms with E-state index >= 15 is 0 Å². The number of furan rings is 1. The molecule has 0 atom stereocenters. The Hall–Kier alpha value is -2.94. The van der Waals surface area contributed by atoms with E-state index in [1.54, 1.807) is 35.8 Å². The molecular weight excluding hydrogens is 624 g/mol. The third-order valence-electron chi connectivity index (χ3n) is 6.84. The van der Waals surface area contributed by atoms with E-state index in [9.17, 15) is 25.9 Å². The molecule has 2 aromatic heterocycles. The number of aryl methyl sites for hydroxylation is 1. The second kappa shape index (κ2) is 12.3. The van der Waals surface area contributed by atoms with E-state index in [2.05, 4.69) is 0 Å². The van der Waals surface area contributed by atoms with E-state index in [0.29, 0.717) is 48.2 Å². The van der Waals surface area contributed by atoms with Crippen molar-refractivity contribution < 1.29 is 39.7 Å². The maximum atomic E-state index is 11.3. The molecule has 0 saturated heterocycles. The molecule has 0 radical (unpaired) electrons. The summed E-state index contributed by atoms with van der Waals surface area (Å²) in [5, 5.41) is 2.28. The van der Waals surface area contributed by atoms with Gasteiger partial charge in [-0.25, -0.2) is 16.8 Å². The first-order valence-electron chi connectivity index (χ1n) is 13.3. The van der Waals surface area contributed by atoms with E-state index in [1.165, 1.54) is 0 Å². The average Bonchev–Trinajstić information content (AvgIpc) is 3.60. The van der Waals surface area contributed by atoms with E-state index in [1.807, 2.05) is 46.7 Å². The second-order valence-corrected chi connectivity index (χ2v) is 14.4. The van der Waals surface area contributed by atoms with Crippen molar-refractivity contribution in [1.82, 2.24) is 0 Å². The summed E-state index contributed by atoms with van der Waals surface area (Å²) >= 11 is 7.80. The van der Waals surface area contributed by atoms with Gasteiger partial charge < -0.3 is 23.2 Å². The number of hydrogen-bond donors (Lipinski definition) is 0. The van der Waals surface area contributed by atoms with Crippen molar-refractivity contribution in [3.63, 3.8) is 0 Å². The number of benzene rings is 2. The SMILES string of the molecule is CCC(/C=C1\Oc2ccc(Cl)cc2N1CCCCS(=O)(=O)[O-])=C\c1sc2ccc3occc3c2[n+]1CCCS(=O)(=O)[O-]. The van der Waals surface area contributed by atoms with Crippen molar-refractivity contribution in [2.45, 2.75) is 39.2 Å². The molecule has 0 aliphatic carbocycles. The molecule has 1 aliphatic rings. The summed E-state index contributed by atoms with van der Waals surface area (Å²) in [7, 11) is -8.66. The maximum absolute atomic E-state index is 11.3. The van der Waals surface area contributed by atoms with Crippen LogP contribution >= 0.6 is 22.9 Å². The third kappa shape index (κ3) is 7.16. The number of unbranched alkanes of at least 4 members (excludes halogenated alkanes) is 1. The Morgan fingerprint density at radius 3 is 2.55 bits per heavy atom. The molecule has 3 heterocycles. The Kier molecular flexibility index (Phi) is 8.97. The lowest BCUT2D eigenvalue weighted by Gasteiger charge is -2.19. The Balaban J connectivity index is 1.52. The molecule has 0 fully saturated rings. The Morgan fingerprint density at radius 1 is 1.05 bits per heavy atom. The third-order valence-corrected chi connectivity index (χ3v) is 9.75. The first-order chi connectivity index (χ1) is 19.9. The zero-order valence-corrected chi connectivity index (χ0v) is 25.8. The van der Waals surface area contributed by atoms with Crippen LogP contribution in [0.4, 0.5) is 5.69 Å². The molecule has 1 aliphatic heterocycles. The van der Waals surface area contributed by atoms with Crippen molar-refractivity contribution in [3.8, 4) is 5.75 Å². The summed E-state index contributed by atoms with van der Waals surface area (Å²) < 4.78 is 81.9. The van der Waals surface area contributed by atoms with Gasteiger partial charge in [0.15, 0.2) is 12.3 Å². The Labute approximate surface area is 253 Å². The highest BCUT2D eigenvalue weighted by atomic mass is 35.5. The number of anilines is 1. The molecule has 0 saturated carbocycles. The average molecular weight is 652 g/mol. The van der Waals surface area contributed by atoms with Gasteiger partial charge >= 0.3 is 0 Å². The molecule has 2 aromatic carbocycles. The molecule has 0 spiro atoms. The molecule has 0 N–H and O–H groups in total. The van der Waals surface area contributed by atoms with Gasteiger partial charge in [0, 0.05) is 41.6 Å². The van der Waals surface area contributed by atoms with Crippen LogP contribution in [0.3, 0.4) is 0 Å². The van der Waals surface area contributed by atoms with Gasteiger partial charge in [-0.2, -0.15) is 4.57 Å². The minimum absolute atomic E-state index is 0.159. The number of rotatable bonds is 12. The fourth-order valence-corrected chi connectivity index (χ4v) is 7.29. The van der Waals surface area contributed by atoms with E-state index in [4.69, 9.17) is 20.8 Å². The molecule has 10 nitrogen and oxygen atoms in total. The standard InChI is InChI=1S/C28H29ClN2O8S3/c1-2-19(16-26-30(11-3-4-14-41(32,33)34)22-18-20(29)6-7-24(22)39-26)17-27-31(12-5-15-42(35,36)37)28-21-10-13-38-23(21)8-9-25(28)40-27/h6-10,13,16-18H,2-5,11-12,14-15H2,1H3,(H-,32,33,34,35,36,37)/p-1. The summed E-state index contributed by atoms with van der Waals surface area (Å²) in [5.41, 5.74) is 3.26. The number of hydrogen-bond acceptors (Lipinski definition) is 10. The first-order valence-corrected chi connectivity index (χ1v) is 17.6. The molecule has 224 valence electrons. The second-order valence-electron chi connectivity index (χ2n) is 9.84. The van der Waals surface area contributed by atoms with Gasteiger partial charge in [-0.05, 0) is 61.2 Å². The van der Waals surface area contributed by atoms with Crippen molar-refractivity contribution in [2.75, 3.05) is 23.0 Å². The number of thiazole rings is 1. The molecule has 0 bridgehead atoms. The van der Waals surface area contributed by atoms with Crippen LogP contribution in [-0.2, 0) is 26.8 Å². The van der Waals surface area contributed by atoms with Crippen molar-refractivity contribution in [1.29, 1.82) is 0 Å². The molecule has 5 rings (SSSR count). The highest BCUT2D eigenvalue weighted by Crippen LogP contribution is 2.41. The highest BCUT2D eigenvalue weighted by molar-refractivity contribution is 7.85. The van der Waals surface area contributed by atoms with Crippen LogP contribution in [0, 0.1) is 0 Å². The summed E-state index contributed by atoms with van der Waals surface area (Å²) in [6, 6.07) is 11.0. The minimum Gasteiger partial charge on any atom is -0.748 e. The van der Waals surface area contributed by atoms with Crippen molar-refractivity contribution in [3.05, 3.63) is 70.2 Å². The van der Waals surface area contributed by atoms with Crippen molar-refractivity contribution in [2.24, 2.45) is 0 Å². The van der Waals surface area contributed by atoms with Crippen LogP contribution in [0.1, 0.15) is 37.6 Å². The van der Waals surface area contributed by atoms with E-state index in [0.717, 1.165) is 31.9 Å². The van der Waals surface area contributed by atoms with Gasteiger partial charge in [0.2, 0.25) is 11.4 Å². The number of fused-ring (bicyclic) bond motifs is 4. The molecule has 14 heteroatoms. The lowest BCUT2D eigenvalue weighted by atomic mass is 10.1. The summed E-state index contributed by atoms with van der Waals surface area (Å²) in [6.45, 7) is 2.73. The van der Waals surface area contributed by atoms with Crippen LogP contribution in [0.25, 0.3) is 27.3 Å². The van der Waals surface area contributed by atoms with Gasteiger partial charge in [0.1, 0.15) is 10.3 Å². The normalized spacial score (nSPS) is 15.2. The first kappa shape index (κ1) is 30.5. The fraction of sp³-hybridized carbons (Fsp3) is 0.321. The maximum Gasteiger partial charge on any atom is 0.263 e. The van der Waals surface area contributed by atoms with Crippen LogP contribution in [0.5, 0.6) is 5.75 Å². The molecular formula is C28H28ClN2O8S3-. The largest absolute Gasteiger partial charge is 0.748 e. The van der Waals surface area contributed by atoms with Gasteiger partial charge in [-0.15, -0.1) is 0 Å². The minimum atomic E-state index is -4.36. The molecule has 42 heavy (non-hydrogen) atoms. The Morgan fingerprint density at radius 2 is 1.81 bits per heavy atom. The van der Waals surface area contributed by atoms with Gasteiger partial charge in [-0.1, -0.05) is 29.9 Å². The predicted molar refractivity (Wildman–Crippen MR) is 161 cm³/mol. The quantitative estimate of drug-likeness (QED) is 0.112. The van der Waals surface area contributed by atoms with Gasteiger partial charge in [-0.3, -0.25) is 0 Å². The van der Waals surface area contributed by atoms with E-state index in [-0.39, 0.29) is 12.8 Å². The van der Waals surface area contributed by atoms with Crippen molar-refractivity contribution >= 4 is 76.1 Å². The zero-order chi connectivity index (χ0) is 30.1. The van der Waals surface area contributed by atoms with Crippen LogP contribution in [0.2, 0.25) is 5.02 Å². The monoisotopic (exact) mass is 651 g/mol. The molecule has 0 amide bonds. The summed E-state index contributed by atoms with van der Waals surface area (Å²) in [4.78, 5) is 1.91. The summed E-state index contributed by atoms with van der Waals surface area (Å²) in [6.07, 6.45) is 6.97.